The van der Waals surface area contributed by atoms with Crippen molar-refractivity contribution >= 4 is 5.97 Å². The maximum absolute atomic E-state index is 11.1. The molecule has 0 bridgehead atoms. The summed E-state index contributed by atoms with van der Waals surface area (Å²) in [5.41, 5.74) is 6.13. The zero-order chi connectivity index (χ0) is 12.5. The van der Waals surface area contributed by atoms with Crippen molar-refractivity contribution in [2.24, 2.45) is 23.0 Å². The predicted octanol–water partition coefficient (Wildman–Crippen LogP) is 2.79. The van der Waals surface area contributed by atoms with Gasteiger partial charge in [-0.15, -0.1) is 0 Å². The summed E-state index contributed by atoms with van der Waals surface area (Å²) in [5, 5.41) is 9.16. The van der Waals surface area contributed by atoms with Gasteiger partial charge in [0.1, 0.15) is 0 Å². The summed E-state index contributed by atoms with van der Waals surface area (Å²) < 4.78 is 0. The monoisotopic (exact) mass is 239 g/mol. The van der Waals surface area contributed by atoms with Gasteiger partial charge in [0.25, 0.3) is 0 Å². The van der Waals surface area contributed by atoms with E-state index < -0.39 is 5.97 Å². The van der Waals surface area contributed by atoms with Gasteiger partial charge in [0.15, 0.2) is 0 Å². The van der Waals surface area contributed by atoms with Crippen LogP contribution in [0.3, 0.4) is 0 Å². The maximum Gasteiger partial charge on any atom is 0.303 e. The van der Waals surface area contributed by atoms with Gasteiger partial charge in [-0.3, -0.25) is 4.79 Å². The number of carboxylic acid groups (broad SMARTS) is 1. The number of aliphatic carboxylic acids is 1. The molecule has 3 unspecified atom stereocenters. The lowest BCUT2D eigenvalue weighted by atomic mass is 9.62. The number of rotatable bonds is 5. The highest BCUT2D eigenvalue weighted by Crippen LogP contribution is 2.52. The van der Waals surface area contributed by atoms with Crippen LogP contribution in [0.4, 0.5) is 0 Å². The molecule has 3 atom stereocenters. The normalized spacial score (nSPS) is 35.5. The smallest absolute Gasteiger partial charge is 0.303 e. The molecule has 98 valence electrons. The first-order chi connectivity index (χ1) is 8.07. The molecular weight excluding hydrogens is 214 g/mol. The second kappa shape index (κ2) is 4.97. The molecule has 3 nitrogen and oxygen atoms in total. The van der Waals surface area contributed by atoms with Gasteiger partial charge in [0.2, 0.25) is 0 Å². The Bertz CT molecular complexity index is 288. The first-order valence-electron chi connectivity index (χ1n) is 7.05. The molecule has 0 saturated heterocycles. The molecule has 17 heavy (non-hydrogen) atoms. The van der Waals surface area contributed by atoms with Gasteiger partial charge >= 0.3 is 5.97 Å². The maximum atomic E-state index is 11.1. The number of hydrogen-bond donors (Lipinski definition) is 2. The fraction of sp³-hybridized carbons (Fsp3) is 0.929. The van der Waals surface area contributed by atoms with Gasteiger partial charge in [0, 0.05) is 6.04 Å². The Morgan fingerprint density at radius 2 is 2.12 bits per heavy atom. The standard InChI is InChI=1S/C14H25NO2/c1-2-12(15)14(9-13(16)17)7-3-4-11(8-14)10-5-6-10/h10-12H,2-9,15H2,1H3,(H,16,17). The van der Waals surface area contributed by atoms with Crippen molar-refractivity contribution < 1.29 is 9.90 Å². The van der Waals surface area contributed by atoms with Crippen LogP contribution in [0.15, 0.2) is 0 Å². The fourth-order valence-corrected chi connectivity index (χ4v) is 3.78. The van der Waals surface area contributed by atoms with Crippen LogP contribution >= 0.6 is 0 Å². The van der Waals surface area contributed by atoms with Crippen molar-refractivity contribution in [3.05, 3.63) is 0 Å². The number of nitrogens with two attached hydrogens (primary N) is 1. The molecule has 2 aliphatic carbocycles. The zero-order valence-electron chi connectivity index (χ0n) is 10.8. The summed E-state index contributed by atoms with van der Waals surface area (Å²) in [5.74, 6) is 0.957. The summed E-state index contributed by atoms with van der Waals surface area (Å²) in [6, 6.07) is 0.0557. The Morgan fingerprint density at radius 1 is 1.41 bits per heavy atom. The summed E-state index contributed by atoms with van der Waals surface area (Å²) in [6.07, 6.45) is 8.40. The van der Waals surface area contributed by atoms with E-state index in [4.69, 9.17) is 10.8 Å². The average molecular weight is 239 g/mol. The van der Waals surface area contributed by atoms with Crippen molar-refractivity contribution in [1.29, 1.82) is 0 Å². The van der Waals surface area contributed by atoms with Crippen molar-refractivity contribution in [2.45, 2.75) is 64.3 Å². The molecule has 3 N–H and O–H groups in total. The lowest BCUT2D eigenvalue weighted by molar-refractivity contribution is -0.141. The molecular formula is C14H25NO2. The lowest BCUT2D eigenvalue weighted by Crippen LogP contribution is -2.46. The molecule has 0 aromatic heterocycles. The first kappa shape index (κ1) is 12.9. The van der Waals surface area contributed by atoms with Crippen LogP contribution in [-0.2, 0) is 4.79 Å². The van der Waals surface area contributed by atoms with E-state index >= 15 is 0 Å². The minimum atomic E-state index is -0.676. The van der Waals surface area contributed by atoms with Crippen LogP contribution < -0.4 is 5.73 Å². The molecule has 2 rings (SSSR count). The SMILES string of the molecule is CCC(N)C1(CC(=O)O)CCCC(C2CC2)C1. The second-order valence-corrected chi connectivity index (χ2v) is 6.14. The van der Waals surface area contributed by atoms with E-state index in [1.54, 1.807) is 0 Å². The number of carboxylic acids is 1. The molecule has 0 radical (unpaired) electrons. The van der Waals surface area contributed by atoms with Crippen molar-refractivity contribution in [3.63, 3.8) is 0 Å². The number of hydrogen-bond acceptors (Lipinski definition) is 2. The summed E-state index contributed by atoms with van der Waals surface area (Å²) in [6.45, 7) is 2.08. The average Bonchev–Trinajstić information content (AvgIpc) is 3.11. The van der Waals surface area contributed by atoms with E-state index in [9.17, 15) is 4.79 Å². The highest BCUT2D eigenvalue weighted by molar-refractivity contribution is 5.68. The van der Waals surface area contributed by atoms with Gasteiger partial charge in [-0.05, 0) is 49.4 Å². The number of carbonyl (C=O) groups is 1. The van der Waals surface area contributed by atoms with Crippen LogP contribution in [0.1, 0.15) is 58.3 Å². The van der Waals surface area contributed by atoms with Crippen LogP contribution in [0.25, 0.3) is 0 Å². The van der Waals surface area contributed by atoms with E-state index in [1.165, 1.54) is 25.7 Å². The van der Waals surface area contributed by atoms with Gasteiger partial charge in [0.05, 0.1) is 6.42 Å². The summed E-state index contributed by atoms with van der Waals surface area (Å²) in [4.78, 5) is 11.1. The Morgan fingerprint density at radius 3 is 2.65 bits per heavy atom. The molecule has 0 spiro atoms. The van der Waals surface area contributed by atoms with E-state index in [0.717, 1.165) is 31.1 Å². The Hall–Kier alpha value is -0.570. The molecule has 3 heteroatoms. The van der Waals surface area contributed by atoms with E-state index in [1.807, 2.05) is 0 Å². The highest BCUT2D eigenvalue weighted by Gasteiger charge is 2.45. The van der Waals surface area contributed by atoms with Crippen LogP contribution in [0.5, 0.6) is 0 Å². The van der Waals surface area contributed by atoms with Gasteiger partial charge in [-0.25, -0.2) is 0 Å². The molecule has 2 aliphatic rings. The minimum Gasteiger partial charge on any atom is -0.481 e. The molecule has 0 amide bonds. The van der Waals surface area contributed by atoms with Crippen molar-refractivity contribution in [2.75, 3.05) is 0 Å². The van der Waals surface area contributed by atoms with E-state index in [-0.39, 0.29) is 17.9 Å². The summed E-state index contributed by atoms with van der Waals surface area (Å²) >= 11 is 0. The third kappa shape index (κ3) is 2.82. The fourth-order valence-electron chi connectivity index (χ4n) is 3.78. The van der Waals surface area contributed by atoms with Crippen LogP contribution in [0.2, 0.25) is 0 Å². The minimum absolute atomic E-state index is 0.0557. The van der Waals surface area contributed by atoms with E-state index in [2.05, 4.69) is 6.92 Å². The molecule has 0 aliphatic heterocycles. The van der Waals surface area contributed by atoms with Crippen molar-refractivity contribution in [1.82, 2.24) is 0 Å². The molecule has 0 heterocycles. The van der Waals surface area contributed by atoms with Crippen LogP contribution in [-0.4, -0.2) is 17.1 Å². The molecule has 0 aromatic carbocycles. The quantitative estimate of drug-likeness (QED) is 0.775. The van der Waals surface area contributed by atoms with Gasteiger partial charge < -0.3 is 10.8 Å². The van der Waals surface area contributed by atoms with E-state index in [0.29, 0.717) is 0 Å². The first-order valence-corrected chi connectivity index (χ1v) is 7.05. The molecule has 2 fully saturated rings. The summed E-state index contributed by atoms with van der Waals surface area (Å²) in [7, 11) is 0. The topological polar surface area (TPSA) is 63.3 Å². The highest BCUT2D eigenvalue weighted by atomic mass is 16.4. The Labute approximate surface area is 104 Å². The van der Waals surface area contributed by atoms with Gasteiger partial charge in [-0.1, -0.05) is 19.8 Å². The molecule has 0 aromatic rings. The lowest BCUT2D eigenvalue weighted by Gasteiger charge is -2.44. The zero-order valence-corrected chi connectivity index (χ0v) is 10.8. The second-order valence-electron chi connectivity index (χ2n) is 6.14. The van der Waals surface area contributed by atoms with Gasteiger partial charge in [-0.2, -0.15) is 0 Å². The third-order valence-corrected chi connectivity index (χ3v) is 4.94. The Balaban J connectivity index is 2.10. The predicted molar refractivity (Wildman–Crippen MR) is 67.6 cm³/mol. The van der Waals surface area contributed by atoms with Crippen LogP contribution in [0, 0.1) is 17.3 Å². The van der Waals surface area contributed by atoms with Crippen molar-refractivity contribution in [3.8, 4) is 0 Å². The Kier molecular flexibility index (Phi) is 3.76. The largest absolute Gasteiger partial charge is 0.481 e. The molecule has 2 saturated carbocycles. The third-order valence-electron chi connectivity index (χ3n) is 4.94.